The molecule has 0 heterocycles. The molecule has 1 unspecified atom stereocenters. The standard InChI is InChI=1S/C11H12O5.2C4H9.Sn/c12-9(6-10(13)14)11(15)16-7-8-4-2-1-3-5-8;2*1-3-4-2;/h1-5,9,12H,6-7H2,(H,13,14);2*1,3-4H2,2H3;. The first-order valence-electron chi connectivity index (χ1n) is 8.82. The number of unbranched alkanes of at least 4 members (excludes halogenated alkanes) is 2. The van der Waals surface area contributed by atoms with Crippen LogP contribution in [0.5, 0.6) is 0 Å². The van der Waals surface area contributed by atoms with E-state index in [9.17, 15) is 9.59 Å². The molecule has 1 aromatic rings. The molecule has 1 atom stereocenters. The fourth-order valence-corrected chi connectivity index (χ4v) is 5.96. The van der Waals surface area contributed by atoms with E-state index in [-0.39, 0.29) is 27.7 Å². The molecule has 140 valence electrons. The van der Waals surface area contributed by atoms with Gasteiger partial charge in [-0.1, -0.05) is 30.3 Å². The summed E-state index contributed by atoms with van der Waals surface area (Å²) < 4.78 is 7.99. The number of aliphatic hydroxyl groups excluding tert-OH is 1. The molecule has 0 aliphatic heterocycles. The Morgan fingerprint density at radius 3 is 2.12 bits per heavy atom. The average Bonchev–Trinajstić information content (AvgIpc) is 2.60. The second-order valence-corrected chi connectivity index (χ2v) is 9.95. The minimum Gasteiger partial charge on any atom is -0.481 e. The van der Waals surface area contributed by atoms with Crippen molar-refractivity contribution in [2.45, 2.75) is 67.5 Å². The van der Waals surface area contributed by atoms with Crippen molar-refractivity contribution in [3.8, 4) is 0 Å². The summed E-state index contributed by atoms with van der Waals surface area (Å²) in [5.74, 6) is -2.17. The quantitative estimate of drug-likeness (QED) is 0.301. The van der Waals surface area contributed by atoms with Crippen LogP contribution < -0.4 is 0 Å². The first-order chi connectivity index (χ1) is 12.0. The van der Waals surface area contributed by atoms with Crippen molar-refractivity contribution in [3.63, 3.8) is 0 Å². The van der Waals surface area contributed by atoms with E-state index in [1.54, 1.807) is 33.1 Å². The second-order valence-electron chi connectivity index (χ2n) is 5.66. The van der Waals surface area contributed by atoms with Crippen LogP contribution in [-0.2, 0) is 20.9 Å². The molecule has 0 fully saturated rings. The maximum absolute atomic E-state index is 11.1. The number of carboxylic acids is 1. The molecule has 6 heteroatoms. The number of aliphatic carboxylic acids is 1. The van der Waals surface area contributed by atoms with E-state index in [0.29, 0.717) is 0 Å². The van der Waals surface area contributed by atoms with Crippen molar-refractivity contribution in [1.82, 2.24) is 0 Å². The Labute approximate surface area is 161 Å². The summed E-state index contributed by atoms with van der Waals surface area (Å²) in [5.41, 5.74) is 0.776. The Hall–Kier alpha value is -1.08. The van der Waals surface area contributed by atoms with Crippen molar-refractivity contribution < 1.29 is 24.5 Å². The van der Waals surface area contributed by atoms with Gasteiger partial charge in [-0.05, 0) is 5.56 Å². The van der Waals surface area contributed by atoms with Crippen molar-refractivity contribution in [3.05, 3.63) is 35.9 Å². The maximum atomic E-state index is 11.1. The van der Waals surface area contributed by atoms with Gasteiger partial charge in [0.05, 0.1) is 6.42 Å². The smallest absolute Gasteiger partial charge is 0.335 e. The normalized spacial score (nSPS) is 11.2. The van der Waals surface area contributed by atoms with Crippen molar-refractivity contribution >= 4 is 33.1 Å². The van der Waals surface area contributed by atoms with E-state index < -0.39 is 24.5 Å². The van der Waals surface area contributed by atoms with Crippen LogP contribution in [-0.4, -0.2) is 49.4 Å². The number of aliphatic hydroxyl groups is 1. The van der Waals surface area contributed by atoms with Crippen LogP contribution in [0.4, 0.5) is 0 Å². The van der Waals surface area contributed by atoms with Gasteiger partial charge in [0.25, 0.3) is 0 Å². The molecule has 0 spiro atoms. The Morgan fingerprint density at radius 1 is 1.08 bits per heavy atom. The first-order valence-corrected chi connectivity index (χ1v) is 12.9. The molecular formula is C19H30O5Sn. The number of carboxylic acid groups (broad SMARTS) is 1. The molecule has 0 aromatic heterocycles. The molecular weight excluding hydrogens is 427 g/mol. The molecule has 0 bridgehead atoms. The molecule has 1 aromatic carbocycles. The van der Waals surface area contributed by atoms with Gasteiger partial charge < -0.3 is 14.9 Å². The molecule has 2 radical (unpaired) electrons. The van der Waals surface area contributed by atoms with Crippen molar-refractivity contribution in [2.75, 3.05) is 0 Å². The maximum Gasteiger partial charge on any atom is 0.335 e. The average molecular weight is 457 g/mol. The zero-order valence-corrected chi connectivity index (χ0v) is 18.1. The summed E-state index contributed by atoms with van der Waals surface area (Å²) in [5, 5.41) is 17.5. The van der Waals surface area contributed by atoms with Crippen LogP contribution in [0.15, 0.2) is 30.3 Å². The number of esters is 1. The van der Waals surface area contributed by atoms with Crippen molar-refractivity contribution in [2.24, 2.45) is 0 Å². The molecule has 2 N–H and O–H groups in total. The largest absolute Gasteiger partial charge is 0.481 e. The fourth-order valence-electron chi connectivity index (χ4n) is 1.80. The Kier molecular flexibility index (Phi) is 15.7. The van der Waals surface area contributed by atoms with Gasteiger partial charge in [-0.3, -0.25) is 4.79 Å². The van der Waals surface area contributed by atoms with Gasteiger partial charge in [0.1, 0.15) is 6.61 Å². The zero-order valence-electron chi connectivity index (χ0n) is 15.2. The van der Waals surface area contributed by atoms with E-state index in [4.69, 9.17) is 14.9 Å². The fraction of sp³-hybridized carbons (Fsp3) is 0.579. The topological polar surface area (TPSA) is 83.8 Å². The van der Waals surface area contributed by atoms with E-state index in [2.05, 4.69) is 13.8 Å². The Bertz CT molecular complexity index is 458. The summed E-state index contributed by atoms with van der Waals surface area (Å²) in [6, 6.07) is 8.92. The Balaban J connectivity index is 0.000000547. The van der Waals surface area contributed by atoms with Gasteiger partial charge in [-0.15, -0.1) is 0 Å². The summed E-state index contributed by atoms with van der Waals surface area (Å²) in [4.78, 5) is 21.3. The van der Waals surface area contributed by atoms with E-state index in [1.807, 2.05) is 6.07 Å². The molecule has 1 rings (SSSR count). The molecule has 0 aliphatic carbocycles. The predicted octanol–water partition coefficient (Wildman–Crippen LogP) is 3.69. The Morgan fingerprint density at radius 2 is 1.64 bits per heavy atom. The van der Waals surface area contributed by atoms with Gasteiger partial charge in [0.2, 0.25) is 0 Å². The van der Waals surface area contributed by atoms with Crippen LogP contribution in [0, 0.1) is 0 Å². The molecule has 0 saturated heterocycles. The number of ether oxygens (including phenoxy) is 1. The van der Waals surface area contributed by atoms with Crippen LogP contribution >= 0.6 is 0 Å². The number of hydrogen-bond donors (Lipinski definition) is 2. The predicted molar refractivity (Wildman–Crippen MR) is 99.7 cm³/mol. The number of carbonyl (C=O) groups is 2. The van der Waals surface area contributed by atoms with Crippen molar-refractivity contribution in [1.29, 1.82) is 0 Å². The molecule has 5 nitrogen and oxygen atoms in total. The third-order valence-electron chi connectivity index (χ3n) is 3.28. The van der Waals surface area contributed by atoms with Crippen LogP contribution in [0.2, 0.25) is 8.87 Å². The zero-order chi connectivity index (χ0) is 18.9. The number of rotatable bonds is 11. The van der Waals surface area contributed by atoms with E-state index >= 15 is 0 Å². The number of carbonyl (C=O) groups excluding carboxylic acids is 1. The molecule has 25 heavy (non-hydrogen) atoms. The summed E-state index contributed by atoms with van der Waals surface area (Å²) >= 11 is 0.149. The van der Waals surface area contributed by atoms with Gasteiger partial charge in [0.15, 0.2) is 6.10 Å². The van der Waals surface area contributed by atoms with Crippen LogP contribution in [0.25, 0.3) is 0 Å². The second kappa shape index (κ2) is 16.4. The van der Waals surface area contributed by atoms with Crippen LogP contribution in [0.1, 0.15) is 51.5 Å². The molecule has 0 saturated carbocycles. The third-order valence-corrected chi connectivity index (χ3v) is 7.31. The van der Waals surface area contributed by atoms with Crippen LogP contribution in [0.3, 0.4) is 0 Å². The van der Waals surface area contributed by atoms with E-state index in [0.717, 1.165) is 5.56 Å². The summed E-state index contributed by atoms with van der Waals surface area (Å²) in [6.07, 6.45) is 3.58. The van der Waals surface area contributed by atoms with Gasteiger partial charge in [0, 0.05) is 0 Å². The third kappa shape index (κ3) is 14.9. The van der Waals surface area contributed by atoms with Gasteiger partial charge >= 0.3 is 81.5 Å². The molecule has 0 amide bonds. The first kappa shape index (κ1) is 23.9. The van der Waals surface area contributed by atoms with Gasteiger partial charge in [-0.25, -0.2) is 4.79 Å². The minimum absolute atomic E-state index is 0.0242. The SMILES string of the molecule is CCC[CH2][Sn][CH2]CCC.O=C(O)CC(O)C(=O)OCc1ccccc1. The number of benzene rings is 1. The van der Waals surface area contributed by atoms with E-state index in [1.165, 1.54) is 25.7 Å². The monoisotopic (exact) mass is 458 g/mol. The minimum atomic E-state index is -1.61. The number of hydrogen-bond acceptors (Lipinski definition) is 4. The van der Waals surface area contributed by atoms with Gasteiger partial charge in [-0.2, -0.15) is 0 Å². The summed E-state index contributed by atoms with van der Waals surface area (Å²) in [6.45, 7) is 4.61. The molecule has 0 aliphatic rings. The summed E-state index contributed by atoms with van der Waals surface area (Å²) in [7, 11) is 0.